The van der Waals surface area contributed by atoms with Crippen molar-refractivity contribution in [3.8, 4) is 5.75 Å². The molecule has 0 spiro atoms. The van der Waals surface area contributed by atoms with Gasteiger partial charge in [-0.05, 0) is 58.2 Å². The Kier molecular flexibility index (Phi) is 4.18. The molecule has 2 fully saturated rings. The van der Waals surface area contributed by atoms with Crippen LogP contribution in [0, 0.1) is 0 Å². The van der Waals surface area contributed by atoms with Gasteiger partial charge < -0.3 is 14.2 Å². The van der Waals surface area contributed by atoms with E-state index < -0.39 is 22.8 Å². The lowest BCUT2D eigenvalue weighted by molar-refractivity contribution is -0.199. The molecule has 3 rings (SSSR count). The highest BCUT2D eigenvalue weighted by Gasteiger charge is 2.66. The maximum atomic E-state index is 13.1. The quantitative estimate of drug-likeness (QED) is 0.620. The Morgan fingerprint density at radius 2 is 1.88 bits per heavy atom. The number of esters is 1. The first-order chi connectivity index (χ1) is 11.6. The number of carbonyl (C=O) groups is 2. The molecule has 0 amide bonds. The number of rotatable bonds is 3. The van der Waals surface area contributed by atoms with Crippen LogP contribution in [0.2, 0.25) is 0 Å². The zero-order valence-corrected chi connectivity index (χ0v) is 15.5. The second-order valence-corrected chi connectivity index (χ2v) is 8.24. The molecule has 0 unspecified atom stereocenters. The van der Waals surface area contributed by atoms with Crippen LogP contribution in [0.1, 0.15) is 58.4 Å². The predicted octanol–water partition coefficient (Wildman–Crippen LogP) is 3.40. The zero-order chi connectivity index (χ0) is 18.5. The van der Waals surface area contributed by atoms with Gasteiger partial charge in [-0.1, -0.05) is 12.1 Å². The van der Waals surface area contributed by atoms with Crippen molar-refractivity contribution >= 4 is 11.8 Å². The number of carbonyl (C=O) groups excluding carboxylic acids is 2. The molecule has 2 heterocycles. The topological polar surface area (TPSA) is 61.8 Å². The van der Waals surface area contributed by atoms with E-state index in [4.69, 9.17) is 14.2 Å². The average molecular weight is 346 g/mol. The van der Waals surface area contributed by atoms with E-state index in [1.807, 2.05) is 31.2 Å². The molecule has 0 N–H and O–H groups in total. The Balaban J connectivity index is 2.05. The number of hydrogen-bond donors (Lipinski definition) is 0. The molecule has 2 bridgehead atoms. The zero-order valence-electron chi connectivity index (χ0n) is 15.5. The summed E-state index contributed by atoms with van der Waals surface area (Å²) in [6, 6.07) is 7.48. The van der Waals surface area contributed by atoms with Crippen molar-refractivity contribution in [1.82, 2.24) is 0 Å². The first kappa shape index (κ1) is 17.9. The van der Waals surface area contributed by atoms with Crippen LogP contribution in [0.3, 0.4) is 0 Å². The van der Waals surface area contributed by atoms with Crippen molar-refractivity contribution in [2.45, 2.75) is 69.7 Å². The summed E-state index contributed by atoms with van der Waals surface area (Å²) in [5.74, 6) is -0.380. The number of ketones is 1. The average Bonchev–Trinajstić information content (AvgIpc) is 2.81. The van der Waals surface area contributed by atoms with Gasteiger partial charge in [0.05, 0.1) is 12.7 Å². The number of methoxy groups -OCH3 is 1. The molecular formula is C20H26O5. The lowest BCUT2D eigenvalue weighted by Gasteiger charge is -2.38. The van der Waals surface area contributed by atoms with Crippen LogP contribution in [0.25, 0.3) is 0 Å². The van der Waals surface area contributed by atoms with E-state index in [0.717, 1.165) is 11.3 Å². The molecule has 1 aromatic rings. The summed E-state index contributed by atoms with van der Waals surface area (Å²) < 4.78 is 17.0. The van der Waals surface area contributed by atoms with Crippen molar-refractivity contribution in [3.63, 3.8) is 0 Å². The summed E-state index contributed by atoms with van der Waals surface area (Å²) in [5.41, 5.74) is -1.83. The second-order valence-electron chi connectivity index (χ2n) is 8.24. The summed E-state index contributed by atoms with van der Waals surface area (Å²) in [7, 11) is 1.60. The van der Waals surface area contributed by atoms with E-state index in [0.29, 0.717) is 19.3 Å². The van der Waals surface area contributed by atoms with Crippen LogP contribution in [0.4, 0.5) is 0 Å². The minimum Gasteiger partial charge on any atom is -0.497 e. The van der Waals surface area contributed by atoms with E-state index in [2.05, 4.69) is 0 Å². The largest absolute Gasteiger partial charge is 0.497 e. The molecule has 0 aliphatic carbocycles. The van der Waals surface area contributed by atoms with Gasteiger partial charge in [0, 0.05) is 12.3 Å². The fourth-order valence-electron chi connectivity index (χ4n) is 3.89. The third kappa shape index (κ3) is 3.06. The predicted molar refractivity (Wildman–Crippen MR) is 92.7 cm³/mol. The Morgan fingerprint density at radius 3 is 2.44 bits per heavy atom. The monoisotopic (exact) mass is 346 g/mol. The SMILES string of the molecule is COc1ccc([C@@H]2C[C@@]3(C)CCC(=O)[C@]2(C(=O)OC(C)(C)C)O3)cc1. The number of hydrogen-bond acceptors (Lipinski definition) is 5. The van der Waals surface area contributed by atoms with Crippen LogP contribution in [0.5, 0.6) is 5.75 Å². The van der Waals surface area contributed by atoms with Crippen LogP contribution in [-0.4, -0.2) is 35.7 Å². The first-order valence-electron chi connectivity index (χ1n) is 8.70. The Morgan fingerprint density at radius 1 is 1.24 bits per heavy atom. The summed E-state index contributed by atoms with van der Waals surface area (Å²) in [4.78, 5) is 26.0. The molecule has 5 heteroatoms. The molecule has 136 valence electrons. The summed E-state index contributed by atoms with van der Waals surface area (Å²) in [6.45, 7) is 7.37. The number of ether oxygens (including phenoxy) is 3. The van der Waals surface area contributed by atoms with Gasteiger partial charge in [-0.25, -0.2) is 4.79 Å². The van der Waals surface area contributed by atoms with Crippen molar-refractivity contribution < 1.29 is 23.8 Å². The highest BCUT2D eigenvalue weighted by atomic mass is 16.6. The van der Waals surface area contributed by atoms with E-state index in [9.17, 15) is 9.59 Å². The van der Waals surface area contributed by atoms with Gasteiger partial charge in [-0.3, -0.25) is 4.79 Å². The highest BCUT2D eigenvalue weighted by molar-refractivity contribution is 6.09. The molecule has 3 atom stereocenters. The Hall–Kier alpha value is -1.88. The first-order valence-corrected chi connectivity index (χ1v) is 8.70. The van der Waals surface area contributed by atoms with Crippen molar-refractivity contribution in [1.29, 1.82) is 0 Å². The fourth-order valence-corrected chi connectivity index (χ4v) is 3.89. The minimum atomic E-state index is -1.55. The van der Waals surface area contributed by atoms with Crippen LogP contribution in [-0.2, 0) is 19.1 Å². The number of Topliss-reactive ketones (excluding diaryl/α,β-unsaturated/α-hetero) is 1. The summed E-state index contributed by atoms with van der Waals surface area (Å²) >= 11 is 0. The van der Waals surface area contributed by atoms with E-state index >= 15 is 0 Å². The van der Waals surface area contributed by atoms with Crippen LogP contribution < -0.4 is 4.74 Å². The van der Waals surface area contributed by atoms with Gasteiger partial charge in [0.1, 0.15) is 11.4 Å². The standard InChI is InChI=1S/C20H26O5/c1-18(2,3)24-17(22)20-15(13-6-8-14(23-5)9-7-13)12-19(4,25-20)11-10-16(20)21/h6-9,15H,10-12H2,1-5H3/t15-,19+,20+/m0/s1. The molecule has 0 radical (unpaired) electrons. The normalized spacial score (nSPS) is 31.7. The molecule has 2 saturated heterocycles. The van der Waals surface area contributed by atoms with Gasteiger partial charge in [0.25, 0.3) is 0 Å². The molecule has 0 saturated carbocycles. The number of fused-ring (bicyclic) bond motifs is 2. The van der Waals surface area contributed by atoms with Gasteiger partial charge in [-0.15, -0.1) is 0 Å². The molecule has 5 nitrogen and oxygen atoms in total. The lowest BCUT2D eigenvalue weighted by atomic mass is 9.78. The minimum absolute atomic E-state index is 0.183. The maximum absolute atomic E-state index is 13.1. The smallest absolute Gasteiger partial charge is 0.347 e. The lowest BCUT2D eigenvalue weighted by Crippen LogP contribution is -2.56. The van der Waals surface area contributed by atoms with Gasteiger partial charge in [0.15, 0.2) is 5.78 Å². The third-order valence-electron chi connectivity index (χ3n) is 5.05. The molecule has 2 aliphatic rings. The van der Waals surface area contributed by atoms with E-state index in [1.165, 1.54) is 0 Å². The molecule has 25 heavy (non-hydrogen) atoms. The van der Waals surface area contributed by atoms with E-state index in [-0.39, 0.29) is 11.7 Å². The van der Waals surface area contributed by atoms with Gasteiger partial charge >= 0.3 is 5.97 Å². The van der Waals surface area contributed by atoms with Gasteiger partial charge in [-0.2, -0.15) is 0 Å². The highest BCUT2D eigenvalue weighted by Crippen LogP contribution is 2.55. The number of benzene rings is 1. The van der Waals surface area contributed by atoms with Gasteiger partial charge in [0.2, 0.25) is 5.60 Å². The third-order valence-corrected chi connectivity index (χ3v) is 5.05. The van der Waals surface area contributed by atoms with Crippen LogP contribution in [0.15, 0.2) is 24.3 Å². The fraction of sp³-hybridized carbons (Fsp3) is 0.600. The summed E-state index contributed by atoms with van der Waals surface area (Å²) in [6.07, 6.45) is 1.58. The van der Waals surface area contributed by atoms with Crippen LogP contribution >= 0.6 is 0 Å². The molecular weight excluding hydrogens is 320 g/mol. The van der Waals surface area contributed by atoms with Crippen molar-refractivity contribution in [3.05, 3.63) is 29.8 Å². The molecule has 0 aromatic heterocycles. The molecule has 2 aliphatic heterocycles. The van der Waals surface area contributed by atoms with Crippen molar-refractivity contribution in [2.75, 3.05) is 7.11 Å². The Labute approximate surface area is 148 Å². The maximum Gasteiger partial charge on any atom is 0.347 e. The van der Waals surface area contributed by atoms with E-state index in [1.54, 1.807) is 27.9 Å². The Bertz CT molecular complexity index is 687. The van der Waals surface area contributed by atoms with Crippen molar-refractivity contribution in [2.24, 2.45) is 0 Å². The second kappa shape index (κ2) is 5.84. The summed E-state index contributed by atoms with van der Waals surface area (Å²) in [5, 5.41) is 0. The molecule has 1 aromatic carbocycles.